The van der Waals surface area contributed by atoms with Gasteiger partial charge < -0.3 is 46.0 Å². The molecule has 13 heteroatoms. The molecule has 0 saturated carbocycles. The molecular weight excluding hydrogens is 765 g/mol. The molecule has 286 valence electrons. The summed E-state index contributed by atoms with van der Waals surface area (Å²) in [6.45, 7) is 14.3. The number of hydrogen-bond donors (Lipinski definition) is 1. The molecule has 9 nitrogen and oxygen atoms in total. The van der Waals surface area contributed by atoms with Gasteiger partial charge in [0.1, 0.15) is 17.5 Å². The Labute approximate surface area is 347 Å². The van der Waals surface area contributed by atoms with Crippen LogP contribution >= 0.6 is 27.0 Å². The van der Waals surface area contributed by atoms with Gasteiger partial charge in [-0.05, 0) is 98.5 Å². The standard InChI is InChI=1S/C17H25NO3.C11H19NO3.C6H5.C4H8O.BrH.Mg.2H2S/c1-17(2,3)21-16(20)18-12-8-7-11-14(18)15(19)13-9-5-4-6-10-13;1-11(2,3)15-10(14)12-7-5-4-6-9(12)8-13;1-2-4-6-5-3-1;1-2-4-5-3-1;;;;/h4-6,9-10,14-15,19H,7-8,11-12H2,1-3H3;8-9H,4-7H2,1-3H3;1-5H;1-4H2;1H;;2*1H2/q;;-1;;;+2;;/p-1/t14-,15?;9-;;;;;;/m00....../s1. The second kappa shape index (κ2) is 28.9. The number of rotatable bonds is 3. The first-order valence-electron chi connectivity index (χ1n) is 17.0. The molecule has 3 aliphatic heterocycles. The molecule has 1 unspecified atom stereocenters. The molecule has 2 aromatic rings. The van der Waals surface area contributed by atoms with Crippen LogP contribution in [0.1, 0.15) is 105 Å². The molecule has 0 radical (unpaired) electrons. The number of ether oxygens (including phenoxy) is 3. The van der Waals surface area contributed by atoms with Crippen LogP contribution in [0.3, 0.4) is 0 Å². The zero-order valence-electron chi connectivity index (χ0n) is 31.4. The Bertz CT molecular complexity index is 1140. The minimum absolute atomic E-state index is 0. The van der Waals surface area contributed by atoms with E-state index in [4.69, 9.17) is 14.2 Å². The van der Waals surface area contributed by atoms with E-state index in [1.165, 1.54) is 17.7 Å². The summed E-state index contributed by atoms with van der Waals surface area (Å²) in [5.74, 6) is 0. The summed E-state index contributed by atoms with van der Waals surface area (Å²) in [6, 6.07) is 21.5. The third-order valence-corrected chi connectivity index (χ3v) is 7.45. The predicted molar refractivity (Wildman–Crippen MR) is 210 cm³/mol. The molecule has 3 aliphatic rings. The number of aliphatic hydroxyl groups is 1. The second-order valence-electron chi connectivity index (χ2n) is 13.9. The maximum Gasteiger partial charge on any atom is 2.00 e. The molecule has 3 heterocycles. The van der Waals surface area contributed by atoms with Gasteiger partial charge in [0, 0.05) is 26.3 Å². The van der Waals surface area contributed by atoms with E-state index in [1.54, 1.807) is 4.90 Å². The summed E-state index contributed by atoms with van der Waals surface area (Å²) < 4.78 is 15.7. The van der Waals surface area contributed by atoms with Crippen LogP contribution in [0, 0.1) is 6.07 Å². The SMILES string of the molecule is C1CCOC1.CC(C)(C)OC(=O)N1CCCC[C@H]1C(O)c1ccccc1.CC(C)(C)OC(=O)N1CCCC[C@H]1C=O.S.S.[Br-].[Mg+2].[c-]1ccccc1. The van der Waals surface area contributed by atoms with Crippen molar-refractivity contribution in [3.63, 3.8) is 0 Å². The minimum Gasteiger partial charge on any atom is -1.00 e. The van der Waals surface area contributed by atoms with Crippen LogP contribution in [0.4, 0.5) is 9.59 Å². The smallest absolute Gasteiger partial charge is 1.00 e. The number of likely N-dealkylation sites (tertiary alicyclic amines) is 2. The number of piperidine rings is 2. The van der Waals surface area contributed by atoms with Crippen LogP contribution in [0.2, 0.25) is 0 Å². The quantitative estimate of drug-likeness (QED) is 0.274. The fourth-order valence-electron chi connectivity index (χ4n) is 5.20. The van der Waals surface area contributed by atoms with Gasteiger partial charge >= 0.3 is 35.2 Å². The number of nitrogens with zero attached hydrogens (tertiary/aromatic N) is 2. The van der Waals surface area contributed by atoms with Crippen molar-refractivity contribution in [2.24, 2.45) is 0 Å². The molecule has 3 fully saturated rings. The van der Waals surface area contributed by atoms with Crippen molar-refractivity contribution in [2.75, 3.05) is 26.3 Å². The maximum absolute atomic E-state index is 12.4. The third kappa shape index (κ3) is 23.0. The number of carbonyl (C=O) groups is 3. The first kappa shape index (κ1) is 53.9. The number of aliphatic hydroxyl groups excluding tert-OH is 1. The summed E-state index contributed by atoms with van der Waals surface area (Å²) in [4.78, 5) is 38.1. The van der Waals surface area contributed by atoms with Crippen LogP contribution in [-0.2, 0) is 19.0 Å². The van der Waals surface area contributed by atoms with Crippen molar-refractivity contribution in [3.8, 4) is 0 Å². The van der Waals surface area contributed by atoms with Crippen molar-refractivity contribution in [1.82, 2.24) is 9.80 Å². The zero-order chi connectivity index (χ0) is 34.7. The summed E-state index contributed by atoms with van der Waals surface area (Å²) in [5, 5.41) is 10.6. The number of hydrogen-bond acceptors (Lipinski definition) is 7. The average molecular weight is 826 g/mol. The number of benzene rings is 2. The van der Waals surface area contributed by atoms with E-state index in [0.717, 1.165) is 63.6 Å². The van der Waals surface area contributed by atoms with Crippen LogP contribution < -0.4 is 17.0 Å². The van der Waals surface area contributed by atoms with Gasteiger partial charge in [0.15, 0.2) is 0 Å². The number of halogens is 1. The van der Waals surface area contributed by atoms with Crippen LogP contribution in [0.25, 0.3) is 0 Å². The molecule has 2 amide bonds. The van der Waals surface area contributed by atoms with E-state index in [9.17, 15) is 19.5 Å². The fraction of sp³-hybridized carbons (Fsp3) is 0.605. The van der Waals surface area contributed by atoms with E-state index < -0.39 is 17.3 Å². The van der Waals surface area contributed by atoms with Gasteiger partial charge in [-0.1, -0.05) is 30.3 Å². The predicted octanol–water partition coefficient (Wildman–Crippen LogP) is 4.62. The van der Waals surface area contributed by atoms with E-state index in [0.29, 0.717) is 13.1 Å². The molecule has 3 atom stereocenters. The topological polar surface area (TPSA) is 106 Å². The van der Waals surface area contributed by atoms with Crippen molar-refractivity contribution < 1.29 is 50.7 Å². The Kier molecular flexibility index (Phi) is 30.6. The maximum atomic E-state index is 12.4. The summed E-state index contributed by atoms with van der Waals surface area (Å²) >= 11 is 0. The van der Waals surface area contributed by atoms with Crippen molar-refractivity contribution in [3.05, 3.63) is 72.3 Å². The van der Waals surface area contributed by atoms with E-state index >= 15 is 0 Å². The van der Waals surface area contributed by atoms with Gasteiger partial charge in [0.25, 0.3) is 0 Å². The average Bonchev–Trinajstić information content (AvgIpc) is 3.65. The molecular formula is C38H61BrMgN2O7S2. The van der Waals surface area contributed by atoms with Crippen molar-refractivity contribution in [1.29, 1.82) is 0 Å². The molecule has 2 aromatic carbocycles. The Morgan fingerprint density at radius 3 is 1.67 bits per heavy atom. The van der Waals surface area contributed by atoms with E-state index in [-0.39, 0.29) is 91.3 Å². The first-order chi connectivity index (χ1) is 22.3. The van der Waals surface area contributed by atoms with Crippen LogP contribution in [0.15, 0.2) is 60.7 Å². The van der Waals surface area contributed by atoms with Gasteiger partial charge in [-0.3, -0.25) is 4.90 Å². The molecule has 5 rings (SSSR count). The zero-order valence-corrected chi connectivity index (χ0v) is 36.4. The van der Waals surface area contributed by atoms with Crippen molar-refractivity contribution >= 4 is 68.5 Å². The molecule has 1 N–H and O–H groups in total. The monoisotopic (exact) mass is 824 g/mol. The molecule has 0 spiro atoms. The number of carbonyl (C=O) groups excluding carboxylic acids is 3. The minimum atomic E-state index is -0.668. The summed E-state index contributed by atoms with van der Waals surface area (Å²) in [6.07, 6.45) is 7.50. The Morgan fingerprint density at radius 1 is 0.784 bits per heavy atom. The van der Waals surface area contributed by atoms with E-state index in [2.05, 4.69) is 6.07 Å². The second-order valence-corrected chi connectivity index (χ2v) is 13.9. The van der Waals surface area contributed by atoms with Gasteiger partial charge in [-0.15, -0.1) is 0 Å². The van der Waals surface area contributed by atoms with Gasteiger partial charge in [0.2, 0.25) is 0 Å². The Morgan fingerprint density at radius 2 is 1.25 bits per heavy atom. The van der Waals surface area contributed by atoms with Crippen LogP contribution in [0.5, 0.6) is 0 Å². The Balaban J connectivity index is -0.000000668. The van der Waals surface area contributed by atoms with Gasteiger partial charge in [-0.2, -0.15) is 63.4 Å². The summed E-state index contributed by atoms with van der Waals surface area (Å²) in [5.41, 5.74) is -0.170. The van der Waals surface area contributed by atoms with Gasteiger partial charge in [-0.25, -0.2) is 9.59 Å². The fourth-order valence-corrected chi connectivity index (χ4v) is 5.20. The molecule has 0 bridgehead atoms. The van der Waals surface area contributed by atoms with Gasteiger partial charge in [0.05, 0.1) is 18.2 Å². The first-order valence-corrected chi connectivity index (χ1v) is 17.0. The van der Waals surface area contributed by atoms with E-state index in [1.807, 2.05) is 102 Å². The number of aldehydes is 1. The molecule has 51 heavy (non-hydrogen) atoms. The van der Waals surface area contributed by atoms with Crippen molar-refractivity contribution in [2.45, 2.75) is 122 Å². The largest absolute Gasteiger partial charge is 2.00 e. The Hall–Kier alpha value is -1.48. The number of amides is 2. The normalized spacial score (nSPS) is 18.5. The third-order valence-electron chi connectivity index (χ3n) is 7.45. The summed E-state index contributed by atoms with van der Waals surface area (Å²) in [7, 11) is 0. The molecule has 0 aromatic heterocycles. The molecule has 0 aliphatic carbocycles. The van der Waals surface area contributed by atoms with Crippen LogP contribution in [-0.4, -0.2) is 106 Å². The molecule has 3 saturated heterocycles.